The maximum absolute atomic E-state index is 12.0. The molecule has 1 N–H and O–H groups in total. The molecule has 0 saturated carbocycles. The van der Waals surface area contributed by atoms with E-state index in [4.69, 9.17) is 16.7 Å². The quantitative estimate of drug-likeness (QED) is 0.915. The summed E-state index contributed by atoms with van der Waals surface area (Å²) in [5.74, 6) is -1.59. The first-order valence-corrected chi connectivity index (χ1v) is 6.90. The summed E-state index contributed by atoms with van der Waals surface area (Å²) in [5.41, 5.74) is -1.32. The zero-order valence-electron chi connectivity index (χ0n) is 9.47. The molecule has 17 heavy (non-hydrogen) atoms. The predicted octanol–water partition coefficient (Wildman–Crippen LogP) is 2.22. The van der Waals surface area contributed by atoms with Crippen molar-refractivity contribution in [3.63, 3.8) is 0 Å². The molecule has 0 unspecified atom stereocenters. The third-order valence-corrected chi connectivity index (χ3v) is 4.65. The smallest absolute Gasteiger partial charge is 0.310 e. The number of carboxylic acid groups (broad SMARTS) is 1. The van der Waals surface area contributed by atoms with E-state index < -0.39 is 27.0 Å². The first-order valence-electron chi connectivity index (χ1n) is 4.87. The molecular formula is C11H13ClO4S. The molecule has 0 saturated heterocycles. The van der Waals surface area contributed by atoms with Crippen molar-refractivity contribution in [2.24, 2.45) is 5.41 Å². The molecule has 6 heteroatoms. The van der Waals surface area contributed by atoms with Crippen molar-refractivity contribution in [3.05, 3.63) is 29.3 Å². The Kier molecular flexibility index (Phi) is 3.84. The maximum atomic E-state index is 12.0. The summed E-state index contributed by atoms with van der Waals surface area (Å²) in [6.07, 6.45) is 0. The average molecular weight is 277 g/mol. The number of carboxylic acids is 1. The van der Waals surface area contributed by atoms with E-state index in [9.17, 15) is 13.2 Å². The Balaban J connectivity index is 3.05. The van der Waals surface area contributed by atoms with Gasteiger partial charge in [0.05, 0.1) is 16.1 Å². The summed E-state index contributed by atoms with van der Waals surface area (Å²) in [5, 5.41) is 9.34. The minimum Gasteiger partial charge on any atom is -0.481 e. The van der Waals surface area contributed by atoms with Gasteiger partial charge < -0.3 is 5.11 Å². The fourth-order valence-corrected chi connectivity index (χ4v) is 3.18. The average Bonchev–Trinajstić information content (AvgIpc) is 2.16. The van der Waals surface area contributed by atoms with E-state index in [-0.39, 0.29) is 4.90 Å². The van der Waals surface area contributed by atoms with E-state index in [1.807, 2.05) is 0 Å². The maximum Gasteiger partial charge on any atom is 0.310 e. The molecule has 0 bridgehead atoms. The number of rotatable bonds is 4. The summed E-state index contributed by atoms with van der Waals surface area (Å²) in [4.78, 5) is 11.0. The van der Waals surface area contributed by atoms with Gasteiger partial charge in [-0.15, -0.1) is 0 Å². The Morgan fingerprint density at radius 2 is 1.76 bits per heavy atom. The van der Waals surface area contributed by atoms with E-state index in [1.54, 1.807) is 0 Å². The first kappa shape index (κ1) is 14.0. The fourth-order valence-electron chi connectivity index (χ4n) is 1.26. The number of hydrogen-bond donors (Lipinski definition) is 1. The van der Waals surface area contributed by atoms with Crippen molar-refractivity contribution in [3.8, 4) is 0 Å². The van der Waals surface area contributed by atoms with Crippen molar-refractivity contribution in [1.29, 1.82) is 0 Å². The van der Waals surface area contributed by atoms with Crippen LogP contribution in [0.15, 0.2) is 29.2 Å². The largest absolute Gasteiger partial charge is 0.481 e. The number of halogens is 1. The van der Waals surface area contributed by atoms with Gasteiger partial charge in [-0.25, -0.2) is 8.42 Å². The lowest BCUT2D eigenvalue weighted by atomic mass is 9.97. The molecule has 0 fully saturated rings. The minimum atomic E-state index is -3.62. The highest BCUT2D eigenvalue weighted by molar-refractivity contribution is 7.91. The second-order valence-electron chi connectivity index (χ2n) is 4.40. The minimum absolute atomic E-state index is 0.0798. The van der Waals surface area contributed by atoms with Gasteiger partial charge in [0.15, 0.2) is 9.84 Å². The zero-order valence-corrected chi connectivity index (χ0v) is 11.0. The normalized spacial score (nSPS) is 12.4. The molecule has 0 aliphatic rings. The van der Waals surface area contributed by atoms with Gasteiger partial charge in [-0.2, -0.15) is 0 Å². The van der Waals surface area contributed by atoms with Gasteiger partial charge >= 0.3 is 5.97 Å². The Morgan fingerprint density at radius 3 is 2.18 bits per heavy atom. The van der Waals surface area contributed by atoms with E-state index >= 15 is 0 Å². The van der Waals surface area contributed by atoms with E-state index in [0.717, 1.165) is 0 Å². The molecule has 94 valence electrons. The lowest BCUT2D eigenvalue weighted by Crippen LogP contribution is -2.32. The lowest BCUT2D eigenvalue weighted by Gasteiger charge is -2.18. The predicted molar refractivity (Wildman–Crippen MR) is 64.9 cm³/mol. The highest BCUT2D eigenvalue weighted by atomic mass is 35.5. The Morgan fingerprint density at radius 1 is 1.29 bits per heavy atom. The second kappa shape index (κ2) is 4.66. The van der Waals surface area contributed by atoms with E-state index in [2.05, 4.69) is 0 Å². The summed E-state index contributed by atoms with van der Waals surface area (Å²) in [6, 6.07) is 5.66. The molecule has 1 aromatic rings. The van der Waals surface area contributed by atoms with Crippen LogP contribution in [-0.2, 0) is 14.6 Å². The Labute approximate surface area is 105 Å². The summed E-state index contributed by atoms with van der Waals surface area (Å²) in [7, 11) is -3.62. The molecular weight excluding hydrogens is 264 g/mol. The SMILES string of the molecule is CC(C)(CS(=O)(=O)c1ccc(Cl)cc1)C(=O)O. The van der Waals surface area contributed by atoms with Crippen LogP contribution < -0.4 is 0 Å². The number of sulfone groups is 1. The molecule has 0 amide bonds. The van der Waals surface area contributed by atoms with Crippen molar-refractivity contribution in [1.82, 2.24) is 0 Å². The van der Waals surface area contributed by atoms with Gasteiger partial charge in [0.2, 0.25) is 0 Å². The third-order valence-electron chi connectivity index (χ3n) is 2.30. The Bertz CT molecular complexity index is 517. The third kappa shape index (κ3) is 3.44. The van der Waals surface area contributed by atoms with Gasteiger partial charge in [-0.3, -0.25) is 4.79 Å². The number of benzene rings is 1. The van der Waals surface area contributed by atoms with Crippen LogP contribution in [0.3, 0.4) is 0 Å². The second-order valence-corrected chi connectivity index (χ2v) is 6.83. The molecule has 0 atom stereocenters. The molecule has 1 rings (SSSR count). The van der Waals surface area contributed by atoms with Gasteiger partial charge in [0, 0.05) is 5.02 Å². The highest BCUT2D eigenvalue weighted by Crippen LogP contribution is 2.23. The van der Waals surface area contributed by atoms with E-state index in [0.29, 0.717) is 5.02 Å². The molecule has 0 aliphatic carbocycles. The van der Waals surface area contributed by atoms with Crippen molar-refractivity contribution in [2.75, 3.05) is 5.75 Å². The molecule has 0 radical (unpaired) electrons. The number of aliphatic carboxylic acids is 1. The lowest BCUT2D eigenvalue weighted by molar-refractivity contribution is -0.145. The highest BCUT2D eigenvalue weighted by Gasteiger charge is 2.34. The summed E-state index contributed by atoms with van der Waals surface area (Å²) >= 11 is 5.66. The van der Waals surface area contributed by atoms with Gasteiger partial charge in [-0.1, -0.05) is 11.6 Å². The van der Waals surface area contributed by atoms with Gasteiger partial charge in [0.1, 0.15) is 0 Å². The zero-order chi connectivity index (χ0) is 13.3. The van der Waals surface area contributed by atoms with Crippen LogP contribution in [0.25, 0.3) is 0 Å². The van der Waals surface area contributed by atoms with Crippen LogP contribution in [0.4, 0.5) is 0 Å². The molecule has 0 spiro atoms. The number of hydrogen-bond acceptors (Lipinski definition) is 3. The van der Waals surface area contributed by atoms with E-state index in [1.165, 1.54) is 38.1 Å². The molecule has 0 heterocycles. The van der Waals surface area contributed by atoms with Gasteiger partial charge in [-0.05, 0) is 38.1 Å². The van der Waals surface area contributed by atoms with Crippen molar-refractivity contribution in [2.45, 2.75) is 18.7 Å². The molecule has 0 aromatic heterocycles. The van der Waals surface area contributed by atoms with Gasteiger partial charge in [0.25, 0.3) is 0 Å². The molecule has 4 nitrogen and oxygen atoms in total. The van der Waals surface area contributed by atoms with Crippen LogP contribution in [0.5, 0.6) is 0 Å². The standard InChI is InChI=1S/C11H13ClO4S/c1-11(2,10(13)14)7-17(15,16)9-5-3-8(12)4-6-9/h3-6H,7H2,1-2H3,(H,13,14). The van der Waals surface area contributed by atoms with Crippen LogP contribution in [-0.4, -0.2) is 25.2 Å². The molecule has 1 aromatic carbocycles. The van der Waals surface area contributed by atoms with Crippen LogP contribution in [0.1, 0.15) is 13.8 Å². The topological polar surface area (TPSA) is 71.4 Å². The molecule has 0 aliphatic heterocycles. The fraction of sp³-hybridized carbons (Fsp3) is 0.364. The van der Waals surface area contributed by atoms with Crippen LogP contribution in [0, 0.1) is 5.41 Å². The first-order chi connectivity index (χ1) is 7.65. The number of carbonyl (C=O) groups is 1. The van der Waals surface area contributed by atoms with Crippen molar-refractivity contribution < 1.29 is 18.3 Å². The van der Waals surface area contributed by atoms with Crippen molar-refractivity contribution >= 4 is 27.4 Å². The van der Waals surface area contributed by atoms with Crippen LogP contribution >= 0.6 is 11.6 Å². The summed E-state index contributed by atoms with van der Waals surface area (Å²) in [6.45, 7) is 2.76. The van der Waals surface area contributed by atoms with Crippen LogP contribution in [0.2, 0.25) is 5.02 Å². The monoisotopic (exact) mass is 276 g/mol. The Hall–Kier alpha value is -1.07. The summed E-state index contributed by atoms with van der Waals surface area (Å²) < 4.78 is 23.9.